The Morgan fingerprint density at radius 1 is 1.48 bits per heavy atom. The molecule has 2 rings (SSSR count). The van der Waals surface area contributed by atoms with E-state index in [9.17, 15) is 4.79 Å². The first kappa shape index (κ1) is 18.5. The van der Waals surface area contributed by atoms with Gasteiger partial charge in [0.05, 0.1) is 7.11 Å². The highest BCUT2D eigenvalue weighted by atomic mass is 35.5. The van der Waals surface area contributed by atoms with Crippen molar-refractivity contribution in [1.29, 1.82) is 0 Å². The summed E-state index contributed by atoms with van der Waals surface area (Å²) in [6.07, 6.45) is 4.34. The molecule has 1 aliphatic carbocycles. The first-order chi connectivity index (χ1) is 10.0. The van der Waals surface area contributed by atoms with E-state index in [1.165, 1.54) is 23.3 Å². The number of aliphatic hydroxyl groups is 1. The Bertz CT molecular complexity index is 433. The van der Waals surface area contributed by atoms with E-state index in [2.05, 4.69) is 18.6 Å². The molecule has 1 aliphatic rings. The van der Waals surface area contributed by atoms with Crippen LogP contribution in [0.25, 0.3) is 0 Å². The first-order valence-electron chi connectivity index (χ1n) is 7.45. The second-order valence-corrected chi connectivity index (χ2v) is 7.13. The number of halogens is 1. The van der Waals surface area contributed by atoms with E-state index < -0.39 is 0 Å². The molecular weight excluding hydrogens is 308 g/mol. The number of ether oxygens (including phenoxy) is 1. The van der Waals surface area contributed by atoms with E-state index in [1.54, 1.807) is 0 Å². The predicted molar refractivity (Wildman–Crippen MR) is 88.3 cm³/mol. The van der Waals surface area contributed by atoms with Crippen LogP contribution in [0, 0.1) is 11.8 Å². The van der Waals surface area contributed by atoms with Crippen molar-refractivity contribution in [1.82, 2.24) is 0 Å². The minimum absolute atomic E-state index is 0.234. The fourth-order valence-electron chi connectivity index (χ4n) is 2.42. The van der Waals surface area contributed by atoms with Gasteiger partial charge in [0, 0.05) is 16.9 Å². The molecule has 3 nitrogen and oxygen atoms in total. The molecular formula is C16H25ClO3S. The molecule has 0 aliphatic heterocycles. The maximum absolute atomic E-state index is 11.0. The largest absolute Gasteiger partial charge is 0.465 e. The van der Waals surface area contributed by atoms with Crippen molar-refractivity contribution >= 4 is 28.9 Å². The van der Waals surface area contributed by atoms with Crippen LogP contribution >= 0.6 is 22.9 Å². The molecule has 0 spiro atoms. The second-order valence-electron chi connectivity index (χ2n) is 5.40. The van der Waals surface area contributed by atoms with E-state index >= 15 is 0 Å². The summed E-state index contributed by atoms with van der Waals surface area (Å²) in [6, 6.07) is 3.81. The molecule has 1 N–H and O–H groups in total. The monoisotopic (exact) mass is 332 g/mol. The average molecular weight is 333 g/mol. The van der Waals surface area contributed by atoms with Gasteiger partial charge >= 0.3 is 5.97 Å². The van der Waals surface area contributed by atoms with Crippen molar-refractivity contribution in [2.75, 3.05) is 13.7 Å². The van der Waals surface area contributed by atoms with E-state index in [0.717, 1.165) is 25.7 Å². The van der Waals surface area contributed by atoms with Crippen molar-refractivity contribution in [2.45, 2.75) is 44.9 Å². The number of carbonyl (C=O) groups excluding carboxylic acids is 1. The number of thiophene rings is 1. The number of alkyl halides is 1. The summed E-state index contributed by atoms with van der Waals surface area (Å²) >= 11 is 7.44. The predicted octanol–water partition coefficient (Wildman–Crippen LogP) is 4.12. The summed E-state index contributed by atoms with van der Waals surface area (Å²) < 4.78 is 4.60. The molecule has 1 aromatic rings. The summed E-state index contributed by atoms with van der Waals surface area (Å²) in [7, 11) is 1.40. The third-order valence-corrected chi connectivity index (χ3v) is 5.65. The standard InChI is InChI=1S/C9H12O2S.C7H13ClO/c1-3-4-7-5-6-8(12-7)9(10)11-2;1-5-6(4-9)2-3-7(5)8/h5-6H,3-4H2,1-2H3;5-7,9H,2-4H2,1H3. The van der Waals surface area contributed by atoms with E-state index in [4.69, 9.17) is 16.7 Å². The zero-order valence-corrected chi connectivity index (χ0v) is 14.5. The number of esters is 1. The second kappa shape index (κ2) is 9.44. The van der Waals surface area contributed by atoms with Gasteiger partial charge in [-0.25, -0.2) is 4.79 Å². The number of carbonyl (C=O) groups is 1. The van der Waals surface area contributed by atoms with Crippen LogP contribution in [-0.2, 0) is 11.2 Å². The number of aliphatic hydroxyl groups excluding tert-OH is 1. The third kappa shape index (κ3) is 5.61. The number of aryl methyl sites for hydroxylation is 1. The highest BCUT2D eigenvalue weighted by molar-refractivity contribution is 7.13. The van der Waals surface area contributed by atoms with Crippen LogP contribution in [0.2, 0.25) is 0 Å². The molecule has 3 atom stereocenters. The molecule has 0 aromatic carbocycles. The van der Waals surface area contributed by atoms with Gasteiger partial charge in [-0.1, -0.05) is 20.3 Å². The van der Waals surface area contributed by atoms with E-state index in [0.29, 0.717) is 28.7 Å². The number of methoxy groups -OCH3 is 1. The van der Waals surface area contributed by atoms with Gasteiger partial charge in [-0.2, -0.15) is 0 Å². The molecule has 1 saturated carbocycles. The molecule has 120 valence electrons. The van der Waals surface area contributed by atoms with Gasteiger partial charge in [0.25, 0.3) is 0 Å². The fraction of sp³-hybridized carbons (Fsp3) is 0.688. The maximum Gasteiger partial charge on any atom is 0.348 e. The zero-order valence-electron chi connectivity index (χ0n) is 13.0. The van der Waals surface area contributed by atoms with E-state index in [-0.39, 0.29) is 5.97 Å². The Balaban J connectivity index is 0.000000219. The Hall–Kier alpha value is -0.580. The summed E-state index contributed by atoms with van der Waals surface area (Å²) in [5, 5.41) is 9.10. The topological polar surface area (TPSA) is 46.5 Å². The SMILES string of the molecule is CC1C(Cl)CCC1CO.CCCc1ccc(C(=O)OC)s1. The van der Waals surface area contributed by atoms with E-state index in [1.807, 2.05) is 12.1 Å². The van der Waals surface area contributed by atoms with Crippen molar-refractivity contribution in [3.63, 3.8) is 0 Å². The molecule has 21 heavy (non-hydrogen) atoms. The zero-order chi connectivity index (χ0) is 15.8. The molecule has 1 fully saturated rings. The quantitative estimate of drug-likeness (QED) is 0.666. The maximum atomic E-state index is 11.0. The van der Waals surface area contributed by atoms with Gasteiger partial charge < -0.3 is 9.84 Å². The molecule has 0 amide bonds. The molecule has 0 bridgehead atoms. The van der Waals surface area contributed by atoms with Crippen LogP contribution in [0.4, 0.5) is 0 Å². The molecule has 5 heteroatoms. The Morgan fingerprint density at radius 3 is 2.62 bits per heavy atom. The van der Waals surface area contributed by atoms with Crippen LogP contribution in [0.3, 0.4) is 0 Å². The Morgan fingerprint density at radius 2 is 2.19 bits per heavy atom. The lowest BCUT2D eigenvalue weighted by atomic mass is 9.99. The lowest BCUT2D eigenvalue weighted by molar-refractivity contribution is 0.0606. The molecule has 1 aromatic heterocycles. The highest BCUT2D eigenvalue weighted by Crippen LogP contribution is 2.34. The van der Waals surface area contributed by atoms with Crippen molar-refractivity contribution in [3.8, 4) is 0 Å². The lowest BCUT2D eigenvalue weighted by Crippen LogP contribution is -2.13. The van der Waals surface area contributed by atoms with Gasteiger partial charge in [0.2, 0.25) is 0 Å². The summed E-state index contributed by atoms with van der Waals surface area (Å²) in [6.45, 7) is 4.55. The number of hydrogen-bond acceptors (Lipinski definition) is 4. The van der Waals surface area contributed by atoms with Crippen LogP contribution < -0.4 is 0 Å². The molecule has 0 saturated heterocycles. The van der Waals surface area contributed by atoms with Crippen molar-refractivity contribution < 1.29 is 14.6 Å². The molecule has 0 radical (unpaired) electrons. The molecule has 1 heterocycles. The smallest absolute Gasteiger partial charge is 0.348 e. The van der Waals surface area contributed by atoms with Gasteiger partial charge in [-0.15, -0.1) is 22.9 Å². The van der Waals surface area contributed by atoms with Gasteiger partial charge in [-0.05, 0) is 43.2 Å². The number of rotatable bonds is 4. The summed E-state index contributed by atoms with van der Waals surface area (Å²) in [4.78, 5) is 13.0. The lowest BCUT2D eigenvalue weighted by Gasteiger charge is -2.12. The Labute approximate surface area is 136 Å². The van der Waals surface area contributed by atoms with Crippen LogP contribution in [-0.4, -0.2) is 30.2 Å². The minimum atomic E-state index is -0.234. The number of hydrogen-bond donors (Lipinski definition) is 1. The van der Waals surface area contributed by atoms with Crippen molar-refractivity contribution in [2.24, 2.45) is 11.8 Å². The van der Waals surface area contributed by atoms with Gasteiger partial charge in [0.15, 0.2) is 0 Å². The van der Waals surface area contributed by atoms with Gasteiger partial charge in [-0.3, -0.25) is 0 Å². The first-order valence-corrected chi connectivity index (χ1v) is 8.70. The van der Waals surface area contributed by atoms with Crippen LogP contribution in [0.15, 0.2) is 12.1 Å². The molecule has 3 unspecified atom stereocenters. The minimum Gasteiger partial charge on any atom is -0.465 e. The summed E-state index contributed by atoms with van der Waals surface area (Å²) in [5.41, 5.74) is 0. The Kier molecular flexibility index (Phi) is 8.30. The van der Waals surface area contributed by atoms with Gasteiger partial charge in [0.1, 0.15) is 4.88 Å². The average Bonchev–Trinajstić information content (AvgIpc) is 3.08. The summed E-state index contributed by atoms with van der Waals surface area (Å²) in [5.74, 6) is 0.742. The fourth-order valence-corrected chi connectivity index (χ4v) is 3.78. The third-order valence-electron chi connectivity index (χ3n) is 3.91. The normalized spacial score (nSPS) is 24.3. The van der Waals surface area contributed by atoms with Crippen molar-refractivity contribution in [3.05, 3.63) is 21.9 Å². The van der Waals surface area contributed by atoms with Crippen LogP contribution in [0.5, 0.6) is 0 Å². The van der Waals surface area contributed by atoms with Crippen LogP contribution in [0.1, 0.15) is 47.7 Å². The highest BCUT2D eigenvalue weighted by Gasteiger charge is 2.30.